The molecule has 8 nitrogen and oxygen atoms in total. The molecule has 1 aliphatic carbocycles. The summed E-state index contributed by atoms with van der Waals surface area (Å²) >= 11 is 6.11. The molecule has 0 saturated heterocycles. The molecular formula is C16H16ClN7O. The molecule has 128 valence electrons. The van der Waals surface area contributed by atoms with Gasteiger partial charge in [-0.1, -0.05) is 22.9 Å². The predicted octanol–water partition coefficient (Wildman–Crippen LogP) is 1.79. The number of nitrogens with zero attached hydrogens (tertiary/aromatic N) is 5. The summed E-state index contributed by atoms with van der Waals surface area (Å²) in [4.78, 5) is 20.5. The molecule has 3 aromatic heterocycles. The molecule has 4 rings (SSSR count). The molecule has 2 N–H and O–H groups in total. The molecule has 1 saturated carbocycles. The molecule has 0 radical (unpaired) electrons. The van der Waals surface area contributed by atoms with Crippen molar-refractivity contribution in [3.8, 4) is 0 Å². The minimum absolute atomic E-state index is 0.0539. The molecule has 0 aromatic carbocycles. The highest BCUT2D eigenvalue weighted by atomic mass is 35.5. The van der Waals surface area contributed by atoms with Crippen LogP contribution in [0, 0.1) is 5.92 Å². The van der Waals surface area contributed by atoms with Crippen LogP contribution >= 0.6 is 11.6 Å². The smallest absolute Gasteiger partial charge is 0.274 e. The maximum Gasteiger partial charge on any atom is 0.274 e. The fourth-order valence-electron chi connectivity index (χ4n) is 2.72. The third kappa shape index (κ3) is 3.39. The van der Waals surface area contributed by atoms with Crippen LogP contribution in [0.1, 0.15) is 23.3 Å². The Morgan fingerprint density at radius 2 is 2.28 bits per heavy atom. The van der Waals surface area contributed by atoms with Gasteiger partial charge in [-0.15, -0.1) is 5.10 Å². The van der Waals surface area contributed by atoms with Gasteiger partial charge in [-0.25, -0.2) is 14.5 Å². The van der Waals surface area contributed by atoms with E-state index in [9.17, 15) is 4.79 Å². The number of anilines is 1. The number of rotatable bonds is 6. The largest absolute Gasteiger partial charge is 0.364 e. The van der Waals surface area contributed by atoms with Gasteiger partial charge in [0.1, 0.15) is 17.2 Å². The lowest BCUT2D eigenvalue weighted by Crippen LogP contribution is -2.38. The summed E-state index contributed by atoms with van der Waals surface area (Å²) in [6, 6.07) is 5.55. The number of aromatic nitrogens is 5. The monoisotopic (exact) mass is 357 g/mol. The molecule has 9 heteroatoms. The molecule has 0 aliphatic heterocycles. The standard InChI is InChI=1S/C16H16ClN7O/c17-11-7-18-9-20-15(11)21-12(10-4-5-10)8-19-16(25)14-13-3-1-2-6-24(13)23-22-14/h1-3,6-7,9-10,12H,4-5,8H2,(H,19,25)(H,18,20,21). The van der Waals surface area contributed by atoms with Gasteiger partial charge in [0.25, 0.3) is 5.91 Å². The number of hydrogen-bond acceptors (Lipinski definition) is 6. The highest BCUT2D eigenvalue weighted by Crippen LogP contribution is 2.34. The van der Waals surface area contributed by atoms with Crippen molar-refractivity contribution in [2.45, 2.75) is 18.9 Å². The van der Waals surface area contributed by atoms with Gasteiger partial charge in [0.2, 0.25) is 0 Å². The first-order chi connectivity index (χ1) is 12.2. The van der Waals surface area contributed by atoms with Crippen LogP contribution in [0.25, 0.3) is 5.52 Å². The van der Waals surface area contributed by atoms with Gasteiger partial charge in [0.15, 0.2) is 5.69 Å². The number of fused-ring (bicyclic) bond motifs is 1. The first kappa shape index (κ1) is 15.8. The number of halogens is 1. The Morgan fingerprint density at radius 1 is 1.40 bits per heavy atom. The quantitative estimate of drug-likeness (QED) is 0.698. The highest BCUT2D eigenvalue weighted by molar-refractivity contribution is 6.32. The van der Waals surface area contributed by atoms with E-state index in [1.807, 2.05) is 18.2 Å². The van der Waals surface area contributed by atoms with E-state index in [0.29, 0.717) is 34.5 Å². The summed E-state index contributed by atoms with van der Waals surface area (Å²) in [6.07, 6.45) is 6.98. The Kier molecular flexibility index (Phi) is 4.19. The zero-order chi connectivity index (χ0) is 17.2. The minimum atomic E-state index is -0.248. The molecule has 1 unspecified atom stereocenters. The van der Waals surface area contributed by atoms with E-state index in [1.54, 1.807) is 16.9 Å². The lowest BCUT2D eigenvalue weighted by atomic mass is 10.2. The first-order valence-corrected chi connectivity index (χ1v) is 8.40. The number of amides is 1. The van der Waals surface area contributed by atoms with Gasteiger partial charge in [-0.2, -0.15) is 0 Å². The van der Waals surface area contributed by atoms with Crippen LogP contribution in [0.4, 0.5) is 5.82 Å². The van der Waals surface area contributed by atoms with Crippen molar-refractivity contribution < 1.29 is 4.79 Å². The van der Waals surface area contributed by atoms with Crippen molar-refractivity contribution in [1.29, 1.82) is 0 Å². The second kappa shape index (κ2) is 6.64. The molecule has 3 aromatic rings. The van der Waals surface area contributed by atoms with E-state index >= 15 is 0 Å². The molecule has 1 fully saturated rings. The molecule has 3 heterocycles. The Hall–Kier alpha value is -2.74. The van der Waals surface area contributed by atoms with Gasteiger partial charge in [0.05, 0.1) is 11.7 Å². The lowest BCUT2D eigenvalue weighted by molar-refractivity contribution is 0.0948. The maximum absolute atomic E-state index is 12.5. The van der Waals surface area contributed by atoms with Crippen LogP contribution in [0.3, 0.4) is 0 Å². The third-order valence-electron chi connectivity index (χ3n) is 4.20. The number of nitrogens with one attached hydrogen (secondary N) is 2. The van der Waals surface area contributed by atoms with E-state index in [0.717, 1.165) is 12.8 Å². The summed E-state index contributed by atoms with van der Waals surface area (Å²) in [7, 11) is 0. The maximum atomic E-state index is 12.5. The molecule has 0 bridgehead atoms. The lowest BCUT2D eigenvalue weighted by Gasteiger charge is -2.19. The van der Waals surface area contributed by atoms with Gasteiger partial charge in [0, 0.05) is 18.8 Å². The van der Waals surface area contributed by atoms with Gasteiger partial charge >= 0.3 is 0 Å². The Balaban J connectivity index is 1.45. The fraction of sp³-hybridized carbons (Fsp3) is 0.312. The molecule has 0 spiro atoms. The van der Waals surface area contributed by atoms with E-state index in [-0.39, 0.29) is 11.9 Å². The van der Waals surface area contributed by atoms with Gasteiger partial charge < -0.3 is 10.6 Å². The molecule has 1 aliphatic rings. The summed E-state index contributed by atoms with van der Waals surface area (Å²) < 4.78 is 1.58. The summed E-state index contributed by atoms with van der Waals surface area (Å²) in [5, 5.41) is 14.6. The van der Waals surface area contributed by atoms with Crippen molar-refractivity contribution in [3.63, 3.8) is 0 Å². The van der Waals surface area contributed by atoms with Crippen LogP contribution < -0.4 is 10.6 Å². The summed E-state index contributed by atoms with van der Waals surface area (Å²) in [5.74, 6) is 0.822. The van der Waals surface area contributed by atoms with Crippen molar-refractivity contribution in [1.82, 2.24) is 30.1 Å². The van der Waals surface area contributed by atoms with Gasteiger partial charge in [-0.05, 0) is 30.9 Å². The van der Waals surface area contributed by atoms with Crippen LogP contribution in [0.15, 0.2) is 36.9 Å². The minimum Gasteiger partial charge on any atom is -0.364 e. The fourth-order valence-corrected chi connectivity index (χ4v) is 2.88. The Bertz CT molecular complexity index is 908. The zero-order valence-electron chi connectivity index (χ0n) is 13.3. The van der Waals surface area contributed by atoms with E-state index in [2.05, 4.69) is 30.9 Å². The molecule has 1 atom stereocenters. The summed E-state index contributed by atoms with van der Waals surface area (Å²) in [6.45, 7) is 0.454. The van der Waals surface area contributed by atoms with Crippen LogP contribution in [-0.4, -0.2) is 43.3 Å². The number of pyridine rings is 1. The zero-order valence-corrected chi connectivity index (χ0v) is 14.0. The number of carbonyl (C=O) groups excluding carboxylic acids is 1. The first-order valence-electron chi connectivity index (χ1n) is 8.02. The predicted molar refractivity (Wildman–Crippen MR) is 92.5 cm³/mol. The average molecular weight is 358 g/mol. The van der Waals surface area contributed by atoms with Gasteiger partial charge in [-0.3, -0.25) is 4.79 Å². The van der Waals surface area contributed by atoms with Crippen molar-refractivity contribution in [3.05, 3.63) is 47.6 Å². The second-order valence-corrected chi connectivity index (χ2v) is 6.39. The van der Waals surface area contributed by atoms with Crippen molar-refractivity contribution in [2.24, 2.45) is 5.92 Å². The molecule has 1 amide bonds. The Morgan fingerprint density at radius 3 is 3.08 bits per heavy atom. The Labute approximate surface area is 148 Å². The van der Waals surface area contributed by atoms with E-state index < -0.39 is 0 Å². The highest BCUT2D eigenvalue weighted by Gasteiger charge is 2.32. The average Bonchev–Trinajstić information content (AvgIpc) is 3.38. The van der Waals surface area contributed by atoms with E-state index in [4.69, 9.17) is 11.6 Å². The van der Waals surface area contributed by atoms with Crippen LogP contribution in [0.2, 0.25) is 5.02 Å². The number of carbonyl (C=O) groups is 1. The second-order valence-electron chi connectivity index (χ2n) is 5.99. The van der Waals surface area contributed by atoms with E-state index in [1.165, 1.54) is 6.33 Å². The topological polar surface area (TPSA) is 97.1 Å². The molecular weight excluding hydrogens is 342 g/mol. The number of hydrogen-bond donors (Lipinski definition) is 2. The van der Waals surface area contributed by atoms with Crippen molar-refractivity contribution >= 4 is 28.8 Å². The van der Waals surface area contributed by atoms with Crippen molar-refractivity contribution in [2.75, 3.05) is 11.9 Å². The van der Waals surface area contributed by atoms with Crippen LogP contribution in [-0.2, 0) is 0 Å². The SMILES string of the molecule is O=C(NCC(Nc1ncncc1Cl)C1CC1)c1nnn2ccccc12. The third-order valence-corrected chi connectivity index (χ3v) is 4.48. The van der Waals surface area contributed by atoms with Crippen LogP contribution in [0.5, 0.6) is 0 Å². The molecule has 25 heavy (non-hydrogen) atoms. The normalized spacial score (nSPS) is 15.1. The summed E-state index contributed by atoms with van der Waals surface area (Å²) in [5.41, 5.74) is 0.991.